The number of benzene rings is 1. The summed E-state index contributed by atoms with van der Waals surface area (Å²) in [4.78, 5) is 24.5. The molecule has 0 saturated carbocycles. The molecule has 5 nitrogen and oxygen atoms in total. The van der Waals surface area contributed by atoms with Gasteiger partial charge in [0.2, 0.25) is 11.8 Å². The summed E-state index contributed by atoms with van der Waals surface area (Å²) in [6.45, 7) is 0.580. The first kappa shape index (κ1) is 15.6. The van der Waals surface area contributed by atoms with Crippen molar-refractivity contribution in [3.8, 4) is 5.75 Å². The van der Waals surface area contributed by atoms with Crippen LogP contribution in [0.2, 0.25) is 0 Å². The summed E-state index contributed by atoms with van der Waals surface area (Å²) in [5.41, 5.74) is 2.72. The predicted octanol–water partition coefficient (Wildman–Crippen LogP) is 2.74. The number of hydrogen-bond acceptors (Lipinski definition) is 3. The van der Waals surface area contributed by atoms with Crippen LogP contribution in [-0.4, -0.2) is 25.5 Å². The van der Waals surface area contributed by atoms with Crippen LogP contribution in [0.5, 0.6) is 5.75 Å². The van der Waals surface area contributed by atoms with Crippen molar-refractivity contribution in [2.45, 2.75) is 38.0 Å². The van der Waals surface area contributed by atoms with Crippen molar-refractivity contribution in [1.82, 2.24) is 5.32 Å². The maximum absolute atomic E-state index is 12.6. The van der Waals surface area contributed by atoms with Crippen LogP contribution in [-0.2, 0) is 9.59 Å². The van der Waals surface area contributed by atoms with E-state index in [1.54, 1.807) is 13.2 Å². The lowest BCUT2D eigenvalue weighted by Crippen LogP contribution is -2.36. The van der Waals surface area contributed by atoms with E-state index in [9.17, 15) is 9.59 Å². The lowest BCUT2D eigenvalue weighted by atomic mass is 9.89. The number of carbonyl (C=O) groups is 2. The maximum Gasteiger partial charge on any atom is 0.228 e. The Morgan fingerprint density at radius 2 is 2.26 bits per heavy atom. The molecule has 1 aliphatic carbocycles. The fourth-order valence-electron chi connectivity index (χ4n) is 3.25. The van der Waals surface area contributed by atoms with E-state index in [2.05, 4.69) is 16.7 Å². The Balaban J connectivity index is 1.76. The van der Waals surface area contributed by atoms with Gasteiger partial charge in [0.25, 0.3) is 0 Å². The lowest BCUT2D eigenvalue weighted by Gasteiger charge is -2.26. The molecule has 2 aliphatic rings. The Bertz CT molecular complexity index is 652. The van der Waals surface area contributed by atoms with Crippen molar-refractivity contribution in [1.29, 1.82) is 0 Å². The summed E-state index contributed by atoms with van der Waals surface area (Å²) in [6.07, 6.45) is 6.95. The number of ether oxygens (including phenoxy) is 1. The molecule has 1 aromatic carbocycles. The number of hydrogen-bond donors (Lipinski definition) is 2. The third kappa shape index (κ3) is 3.38. The van der Waals surface area contributed by atoms with Crippen LogP contribution in [0.4, 0.5) is 5.69 Å². The van der Waals surface area contributed by atoms with E-state index < -0.39 is 5.92 Å². The molecule has 0 saturated heterocycles. The molecule has 2 amide bonds. The molecule has 122 valence electrons. The molecule has 0 fully saturated rings. The highest BCUT2D eigenvalue weighted by Crippen LogP contribution is 2.38. The van der Waals surface area contributed by atoms with Crippen molar-refractivity contribution >= 4 is 17.5 Å². The Labute approximate surface area is 136 Å². The lowest BCUT2D eigenvalue weighted by molar-refractivity contribution is -0.126. The number of amides is 2. The second kappa shape index (κ2) is 6.86. The molecule has 0 bridgehead atoms. The molecule has 1 heterocycles. The zero-order valence-electron chi connectivity index (χ0n) is 13.4. The summed E-state index contributed by atoms with van der Waals surface area (Å²) in [6, 6.07) is 5.51. The van der Waals surface area contributed by atoms with Crippen molar-refractivity contribution in [3.63, 3.8) is 0 Å². The number of anilines is 1. The fourth-order valence-corrected chi connectivity index (χ4v) is 3.25. The quantitative estimate of drug-likeness (QED) is 0.840. The maximum atomic E-state index is 12.6. The minimum Gasteiger partial charge on any atom is -0.495 e. The number of nitrogens with one attached hydrogen (secondary N) is 2. The fraction of sp³-hybridized carbons (Fsp3) is 0.444. The van der Waals surface area contributed by atoms with Crippen molar-refractivity contribution in [2.24, 2.45) is 0 Å². The van der Waals surface area contributed by atoms with Crippen molar-refractivity contribution < 1.29 is 14.3 Å². The van der Waals surface area contributed by atoms with E-state index >= 15 is 0 Å². The second-order valence-electron chi connectivity index (χ2n) is 6.06. The van der Waals surface area contributed by atoms with Gasteiger partial charge in [0.15, 0.2) is 0 Å². The van der Waals surface area contributed by atoms with Gasteiger partial charge in [0.05, 0.1) is 18.7 Å². The third-order valence-corrected chi connectivity index (χ3v) is 4.50. The molecule has 3 rings (SSSR count). The van der Waals surface area contributed by atoms with Gasteiger partial charge in [0.1, 0.15) is 5.75 Å². The summed E-state index contributed by atoms with van der Waals surface area (Å²) >= 11 is 0. The van der Waals surface area contributed by atoms with Crippen LogP contribution in [0.25, 0.3) is 0 Å². The Morgan fingerprint density at radius 3 is 3.00 bits per heavy atom. The van der Waals surface area contributed by atoms with Crippen LogP contribution in [0.3, 0.4) is 0 Å². The van der Waals surface area contributed by atoms with Crippen LogP contribution < -0.4 is 15.4 Å². The van der Waals surface area contributed by atoms with E-state index in [1.807, 2.05) is 12.1 Å². The molecule has 1 aliphatic heterocycles. The third-order valence-electron chi connectivity index (χ3n) is 4.50. The first-order chi connectivity index (χ1) is 11.2. The van der Waals surface area contributed by atoms with Crippen LogP contribution >= 0.6 is 0 Å². The summed E-state index contributed by atoms with van der Waals surface area (Å²) in [7, 11) is 1.56. The highest BCUT2D eigenvalue weighted by Gasteiger charge is 2.32. The summed E-state index contributed by atoms with van der Waals surface area (Å²) in [5.74, 6) is -0.124. The standard InChI is InChI=1S/C18H22N2O3/c1-23-15-9-5-8-13-14(10-16(21)20-17(13)15)18(22)19-11-12-6-3-2-4-7-12/h5-6,8-9,14H,2-4,7,10-11H2,1H3,(H,19,22)(H,20,21). The van der Waals surface area contributed by atoms with Crippen LogP contribution in [0.15, 0.2) is 29.8 Å². The van der Waals surface area contributed by atoms with Gasteiger partial charge >= 0.3 is 0 Å². The first-order valence-corrected chi connectivity index (χ1v) is 8.11. The van der Waals surface area contributed by atoms with E-state index in [1.165, 1.54) is 18.4 Å². The number of allylic oxidation sites excluding steroid dienone is 1. The van der Waals surface area contributed by atoms with E-state index in [-0.39, 0.29) is 18.2 Å². The Hall–Kier alpha value is -2.30. The minimum absolute atomic E-state index is 0.0965. The smallest absolute Gasteiger partial charge is 0.228 e. The molecule has 23 heavy (non-hydrogen) atoms. The average molecular weight is 314 g/mol. The van der Waals surface area contributed by atoms with Gasteiger partial charge in [-0.15, -0.1) is 0 Å². The van der Waals surface area contributed by atoms with Crippen molar-refractivity contribution in [3.05, 3.63) is 35.4 Å². The van der Waals surface area contributed by atoms with Gasteiger partial charge in [-0.1, -0.05) is 23.8 Å². The van der Waals surface area contributed by atoms with Gasteiger partial charge in [0, 0.05) is 13.0 Å². The highest BCUT2D eigenvalue weighted by atomic mass is 16.5. The molecule has 1 atom stereocenters. The average Bonchev–Trinajstić information content (AvgIpc) is 2.59. The molecule has 0 spiro atoms. The molecule has 5 heteroatoms. The molecule has 2 N–H and O–H groups in total. The monoisotopic (exact) mass is 314 g/mol. The van der Waals surface area contributed by atoms with Gasteiger partial charge in [-0.2, -0.15) is 0 Å². The SMILES string of the molecule is COc1cccc2c1NC(=O)CC2C(=O)NCC1=CCCCC1. The minimum atomic E-state index is -0.460. The summed E-state index contributed by atoms with van der Waals surface area (Å²) in [5, 5.41) is 5.81. The topological polar surface area (TPSA) is 67.4 Å². The summed E-state index contributed by atoms with van der Waals surface area (Å²) < 4.78 is 5.29. The molecular formula is C18H22N2O3. The van der Waals surface area contributed by atoms with Gasteiger partial charge < -0.3 is 15.4 Å². The van der Waals surface area contributed by atoms with E-state index in [0.29, 0.717) is 18.0 Å². The molecule has 0 radical (unpaired) electrons. The number of methoxy groups -OCH3 is 1. The Morgan fingerprint density at radius 1 is 1.39 bits per heavy atom. The predicted molar refractivity (Wildman–Crippen MR) is 88.5 cm³/mol. The van der Waals surface area contributed by atoms with Crippen LogP contribution in [0, 0.1) is 0 Å². The highest BCUT2D eigenvalue weighted by molar-refractivity contribution is 6.02. The molecule has 0 aromatic heterocycles. The molecule has 1 unspecified atom stereocenters. The largest absolute Gasteiger partial charge is 0.495 e. The zero-order chi connectivity index (χ0) is 16.2. The second-order valence-corrected chi connectivity index (χ2v) is 6.06. The van der Waals surface area contributed by atoms with E-state index in [0.717, 1.165) is 18.4 Å². The number of carbonyl (C=O) groups excluding carboxylic acids is 2. The molecule has 1 aromatic rings. The van der Waals surface area contributed by atoms with Crippen LogP contribution in [0.1, 0.15) is 43.6 Å². The Kier molecular flexibility index (Phi) is 4.65. The van der Waals surface area contributed by atoms with Gasteiger partial charge in [-0.05, 0) is 37.3 Å². The number of para-hydroxylation sites is 1. The molecular weight excluding hydrogens is 292 g/mol. The zero-order valence-corrected chi connectivity index (χ0v) is 13.4. The van der Waals surface area contributed by atoms with E-state index in [4.69, 9.17) is 4.74 Å². The first-order valence-electron chi connectivity index (χ1n) is 8.11. The normalized spacial score (nSPS) is 20.1. The van der Waals surface area contributed by atoms with Gasteiger partial charge in [-0.3, -0.25) is 9.59 Å². The van der Waals surface area contributed by atoms with Gasteiger partial charge in [-0.25, -0.2) is 0 Å². The number of fused-ring (bicyclic) bond motifs is 1. The number of rotatable bonds is 4. The van der Waals surface area contributed by atoms with Crippen molar-refractivity contribution in [2.75, 3.05) is 19.0 Å².